The van der Waals surface area contributed by atoms with Crippen molar-refractivity contribution in [3.8, 4) is 22.9 Å². The Bertz CT molecular complexity index is 1240. The Labute approximate surface area is 206 Å². The molecule has 3 aromatic carbocycles. The van der Waals surface area contributed by atoms with E-state index in [-0.39, 0.29) is 24.0 Å². The van der Waals surface area contributed by atoms with E-state index in [0.29, 0.717) is 5.57 Å². The van der Waals surface area contributed by atoms with Crippen LogP contribution in [0.3, 0.4) is 0 Å². The maximum absolute atomic E-state index is 9.70. The van der Waals surface area contributed by atoms with E-state index in [0.717, 1.165) is 45.9 Å². The summed E-state index contributed by atoms with van der Waals surface area (Å²) in [7, 11) is 4.67. The van der Waals surface area contributed by atoms with Gasteiger partial charge in [-0.15, -0.1) is 0 Å². The number of aliphatic hydroxyl groups is 1. The molecule has 0 unspecified atom stereocenters. The smallest absolute Gasteiger partial charge is 0.169 e. The molecule has 5 heteroatoms. The number of rotatable bonds is 4. The molecule has 4 nitrogen and oxygen atoms in total. The van der Waals surface area contributed by atoms with Crippen LogP contribution in [0.2, 0.25) is 0 Å². The largest absolute Gasteiger partial charge is 1.00 e. The minimum absolute atomic E-state index is 0. The number of nitrogens with zero attached hydrogens (tertiary/aromatic N) is 2. The van der Waals surface area contributed by atoms with Crippen LogP contribution in [0.25, 0.3) is 33.5 Å². The van der Waals surface area contributed by atoms with Crippen LogP contribution in [0.4, 0.5) is 0 Å². The summed E-state index contributed by atoms with van der Waals surface area (Å²) < 4.78 is 7.29. The number of fused-ring (bicyclic) bond motifs is 1. The Morgan fingerprint density at radius 2 is 1.47 bits per heavy atom. The van der Waals surface area contributed by atoms with Crippen molar-refractivity contribution in [1.82, 2.24) is 0 Å². The molecule has 162 valence electrons. The van der Waals surface area contributed by atoms with Gasteiger partial charge in [0.25, 0.3) is 0 Å². The summed E-state index contributed by atoms with van der Waals surface area (Å²) in [6.45, 7) is 0. The topological polar surface area (TPSA) is 57.1 Å². The number of methoxy groups -OCH3 is 1. The Hall–Kier alpha value is -3.21. The first-order valence-electron chi connectivity index (χ1n) is 9.87. The van der Waals surface area contributed by atoms with E-state index in [1.54, 1.807) is 7.11 Å². The average Bonchev–Trinajstić information content (AvgIpc) is 2.84. The van der Waals surface area contributed by atoms with Gasteiger partial charge in [-0.1, -0.05) is 42.5 Å². The Balaban J connectivity index is 0.00000118. The molecule has 1 aromatic heterocycles. The predicted molar refractivity (Wildman–Crippen MR) is 125 cm³/mol. The van der Waals surface area contributed by atoms with Crippen molar-refractivity contribution in [1.29, 1.82) is 5.26 Å². The van der Waals surface area contributed by atoms with Crippen molar-refractivity contribution in [3.63, 3.8) is 0 Å². The zero-order chi connectivity index (χ0) is 22.2. The molecule has 0 atom stereocenters. The zero-order valence-electron chi connectivity index (χ0n) is 18.3. The molecule has 0 fully saturated rings. The number of hydrogen-bond acceptors (Lipinski definition) is 3. The first kappa shape index (κ1) is 25.1. The van der Waals surface area contributed by atoms with Gasteiger partial charge in [-0.25, -0.2) is 4.57 Å². The number of ether oxygens (including phenoxy) is 1. The maximum Gasteiger partial charge on any atom is 0.169 e. The monoisotopic (exact) mass is 536 g/mol. The van der Waals surface area contributed by atoms with Gasteiger partial charge in [0.15, 0.2) is 12.4 Å². The fourth-order valence-corrected chi connectivity index (χ4v) is 3.34. The highest BCUT2D eigenvalue weighted by Gasteiger charge is 2.05. The van der Waals surface area contributed by atoms with Crippen molar-refractivity contribution < 1.29 is 38.4 Å². The first-order chi connectivity index (χ1) is 15.2. The minimum Gasteiger partial charge on any atom is -1.00 e. The molecule has 0 aliphatic rings. The van der Waals surface area contributed by atoms with Crippen LogP contribution >= 0.6 is 0 Å². The van der Waals surface area contributed by atoms with E-state index in [1.165, 1.54) is 0 Å². The van der Waals surface area contributed by atoms with Crippen LogP contribution in [0.1, 0.15) is 11.1 Å². The summed E-state index contributed by atoms with van der Waals surface area (Å²) in [5.41, 5.74) is 4.84. The lowest BCUT2D eigenvalue weighted by Gasteiger charge is -2.05. The quantitative estimate of drug-likeness (QED) is 0.188. The third-order valence-corrected chi connectivity index (χ3v) is 5.01. The van der Waals surface area contributed by atoms with Gasteiger partial charge >= 0.3 is 0 Å². The Kier molecular flexibility index (Phi) is 9.39. The number of halogens is 1. The van der Waals surface area contributed by atoms with Gasteiger partial charge in [0.05, 0.1) is 18.8 Å². The van der Waals surface area contributed by atoms with Crippen molar-refractivity contribution in [2.75, 3.05) is 14.2 Å². The molecular weight excluding hydrogens is 511 g/mol. The maximum atomic E-state index is 9.70. The van der Waals surface area contributed by atoms with Gasteiger partial charge < -0.3 is 33.8 Å². The molecule has 32 heavy (non-hydrogen) atoms. The molecule has 0 bridgehead atoms. The van der Waals surface area contributed by atoms with Crippen LogP contribution in [0, 0.1) is 11.3 Å². The normalized spacial score (nSPS) is 10.4. The molecule has 0 saturated heterocycles. The molecule has 1 heterocycles. The summed E-state index contributed by atoms with van der Waals surface area (Å²) in [5, 5.41) is 18.9. The molecular formula is C27H25IN2O2. The van der Waals surface area contributed by atoms with E-state index in [4.69, 9.17) is 9.84 Å². The molecule has 0 amide bonds. The number of pyridine rings is 1. The summed E-state index contributed by atoms with van der Waals surface area (Å²) >= 11 is 0. The van der Waals surface area contributed by atoms with Gasteiger partial charge in [-0.05, 0) is 57.3 Å². The van der Waals surface area contributed by atoms with E-state index >= 15 is 0 Å². The van der Waals surface area contributed by atoms with Crippen molar-refractivity contribution in [2.24, 2.45) is 7.05 Å². The van der Waals surface area contributed by atoms with E-state index < -0.39 is 0 Å². The number of aliphatic hydroxyl groups excluding tert-OH is 1. The molecule has 0 saturated carbocycles. The molecule has 0 radical (unpaired) electrons. The fraction of sp³-hybridized carbons (Fsp3) is 0.111. The molecule has 0 aliphatic heterocycles. The lowest BCUT2D eigenvalue weighted by molar-refractivity contribution is -0.671. The number of hydrogen-bond donors (Lipinski definition) is 1. The van der Waals surface area contributed by atoms with Crippen LogP contribution in [-0.2, 0) is 7.05 Å². The van der Waals surface area contributed by atoms with Gasteiger partial charge in [0.2, 0.25) is 0 Å². The van der Waals surface area contributed by atoms with Gasteiger partial charge in [0, 0.05) is 19.2 Å². The second kappa shape index (κ2) is 12.0. The third kappa shape index (κ3) is 5.94. The van der Waals surface area contributed by atoms with Crippen molar-refractivity contribution in [3.05, 3.63) is 96.3 Å². The van der Waals surface area contributed by atoms with Crippen LogP contribution in [-0.4, -0.2) is 19.3 Å². The summed E-state index contributed by atoms with van der Waals surface area (Å²) in [4.78, 5) is 0. The predicted octanol–water partition coefficient (Wildman–Crippen LogP) is 2.02. The van der Waals surface area contributed by atoms with Gasteiger partial charge in [0.1, 0.15) is 12.8 Å². The molecule has 4 aromatic rings. The van der Waals surface area contributed by atoms with E-state index in [9.17, 15) is 5.26 Å². The Morgan fingerprint density at radius 1 is 0.875 bits per heavy atom. The zero-order valence-corrected chi connectivity index (χ0v) is 20.4. The summed E-state index contributed by atoms with van der Waals surface area (Å²) in [6, 6.07) is 26.8. The standard InChI is InChI=1S/C26H21N2O.CH4O.HI/c1-28-13-11-22(12-14-28)20-5-7-21(8-6-20)25(18-27)16-19-3-4-24-17-26(29-2)10-9-23(24)15-19;1-2;/h3-17H,1-2H3;2H,1H3;1H/q+1;;/p-1/b25-16+;;. The number of aryl methyl sites for hydroxylation is 1. The number of aromatic nitrogens is 1. The average molecular weight is 536 g/mol. The second-order valence-electron chi connectivity index (χ2n) is 6.97. The highest BCUT2D eigenvalue weighted by atomic mass is 127. The van der Waals surface area contributed by atoms with E-state index in [1.807, 2.05) is 66.5 Å². The Morgan fingerprint density at radius 3 is 2.09 bits per heavy atom. The van der Waals surface area contributed by atoms with Crippen LogP contribution < -0.4 is 33.3 Å². The highest BCUT2D eigenvalue weighted by molar-refractivity contribution is 5.93. The number of nitriles is 1. The van der Waals surface area contributed by atoms with Crippen LogP contribution in [0.5, 0.6) is 5.75 Å². The third-order valence-electron chi connectivity index (χ3n) is 5.01. The van der Waals surface area contributed by atoms with Crippen molar-refractivity contribution in [2.45, 2.75) is 0 Å². The minimum atomic E-state index is 0. The highest BCUT2D eigenvalue weighted by Crippen LogP contribution is 2.26. The molecule has 4 rings (SSSR count). The van der Waals surface area contributed by atoms with E-state index in [2.05, 4.69) is 42.5 Å². The van der Waals surface area contributed by atoms with Gasteiger partial charge in [-0.2, -0.15) is 5.26 Å². The van der Waals surface area contributed by atoms with Gasteiger partial charge in [-0.3, -0.25) is 0 Å². The molecule has 0 aliphatic carbocycles. The first-order valence-corrected chi connectivity index (χ1v) is 9.87. The lowest BCUT2D eigenvalue weighted by atomic mass is 9.99. The number of allylic oxidation sites excluding steroid dienone is 1. The summed E-state index contributed by atoms with van der Waals surface area (Å²) in [5.74, 6) is 0.839. The molecule has 1 N–H and O–H groups in total. The van der Waals surface area contributed by atoms with Crippen LogP contribution in [0.15, 0.2) is 85.2 Å². The summed E-state index contributed by atoms with van der Waals surface area (Å²) in [6.07, 6.45) is 5.99. The van der Waals surface area contributed by atoms with Crippen molar-refractivity contribution >= 4 is 22.4 Å². The fourth-order valence-electron chi connectivity index (χ4n) is 3.34. The molecule has 0 spiro atoms. The second-order valence-corrected chi connectivity index (χ2v) is 6.97. The number of benzene rings is 3. The SMILES string of the molecule is CO.COc1ccc2cc(/C=C(\C#N)c3ccc(-c4cc[n+](C)cc4)cc3)ccc2c1.[I-]. The lowest BCUT2D eigenvalue weighted by Crippen LogP contribution is -3.00.